The Morgan fingerprint density at radius 2 is 1.66 bits per heavy atom. The molecule has 0 spiro atoms. The van der Waals surface area contributed by atoms with Crippen LogP contribution in [-0.4, -0.2) is 38.4 Å². The van der Waals surface area contributed by atoms with Gasteiger partial charge >= 0.3 is 5.97 Å². The van der Waals surface area contributed by atoms with Crippen LogP contribution in [-0.2, 0) is 4.74 Å². The third-order valence-corrected chi connectivity index (χ3v) is 5.41. The lowest BCUT2D eigenvalue weighted by Crippen LogP contribution is -2.14. The summed E-state index contributed by atoms with van der Waals surface area (Å²) in [6.45, 7) is 3.99. The van der Waals surface area contributed by atoms with Gasteiger partial charge < -0.3 is 21.0 Å². The van der Waals surface area contributed by atoms with E-state index in [2.05, 4.69) is 72.4 Å². The molecule has 0 atom stereocenters. The first kappa shape index (κ1) is 25.2. The molecule has 0 radical (unpaired) electrons. The lowest BCUT2D eigenvalue weighted by atomic mass is 9.89. The molecule has 0 fully saturated rings. The molecule has 1 heterocycles. The Morgan fingerprint density at radius 3 is 2.34 bits per heavy atom. The van der Waals surface area contributed by atoms with Gasteiger partial charge in [-0.3, -0.25) is 0 Å². The molecular formula is C26H33N3O3. The topological polar surface area (TPSA) is 111 Å². The van der Waals surface area contributed by atoms with Crippen molar-refractivity contribution in [1.29, 1.82) is 0 Å². The van der Waals surface area contributed by atoms with Gasteiger partial charge in [0, 0.05) is 0 Å². The number of nitrogens with two attached hydrogens (primary N) is 2. The molecular weight excluding hydrogens is 402 g/mol. The van der Waals surface area contributed by atoms with Crippen molar-refractivity contribution in [1.82, 2.24) is 5.32 Å². The van der Waals surface area contributed by atoms with Crippen LogP contribution >= 0.6 is 0 Å². The lowest BCUT2D eigenvalue weighted by molar-refractivity contribution is 0.0600. The fourth-order valence-corrected chi connectivity index (χ4v) is 3.91. The highest BCUT2D eigenvalue weighted by Gasteiger charge is 2.19. The van der Waals surface area contributed by atoms with Crippen LogP contribution < -0.4 is 16.9 Å². The summed E-state index contributed by atoms with van der Waals surface area (Å²) < 4.78 is 5.07. The molecule has 0 unspecified atom stereocenters. The van der Waals surface area contributed by atoms with Crippen LogP contribution in [0.4, 0.5) is 0 Å². The monoisotopic (exact) mass is 435 g/mol. The van der Waals surface area contributed by atoms with Gasteiger partial charge in [0.25, 0.3) is 0 Å². The van der Waals surface area contributed by atoms with E-state index in [4.69, 9.17) is 9.94 Å². The highest BCUT2D eigenvalue weighted by atomic mass is 16.5. The average Bonchev–Trinajstić information content (AvgIpc) is 3.15. The van der Waals surface area contributed by atoms with Gasteiger partial charge in [-0.1, -0.05) is 54.1 Å². The Balaban J connectivity index is 0.000000860. The molecule has 0 amide bonds. The molecule has 0 aliphatic carbocycles. The molecule has 32 heavy (non-hydrogen) atoms. The maximum absolute atomic E-state index is 12.5. The Labute approximate surface area is 189 Å². The number of carbonyl (C=O) groups excluding carboxylic acids is 1. The number of esters is 1. The molecule has 3 aromatic rings. The van der Waals surface area contributed by atoms with Crippen molar-refractivity contribution >= 4 is 22.3 Å². The second kappa shape index (κ2) is 12.7. The Bertz CT molecular complexity index is 1060. The molecule has 0 saturated carbocycles. The summed E-state index contributed by atoms with van der Waals surface area (Å²) in [4.78, 5) is 12.5. The van der Waals surface area contributed by atoms with Crippen molar-refractivity contribution in [2.24, 2.45) is 11.6 Å². The molecule has 4 rings (SSSR count). The number of methoxy groups -OCH3 is 1. The van der Waals surface area contributed by atoms with E-state index in [0.717, 1.165) is 42.3 Å². The number of aryl methyl sites for hydroxylation is 1. The van der Waals surface area contributed by atoms with E-state index in [0.29, 0.717) is 5.56 Å². The molecule has 0 bridgehead atoms. The minimum atomic E-state index is -0.280. The van der Waals surface area contributed by atoms with Crippen molar-refractivity contribution in [2.45, 2.75) is 19.8 Å². The fourth-order valence-electron chi connectivity index (χ4n) is 3.91. The van der Waals surface area contributed by atoms with Crippen molar-refractivity contribution < 1.29 is 14.7 Å². The van der Waals surface area contributed by atoms with Crippen molar-refractivity contribution in [3.63, 3.8) is 0 Å². The van der Waals surface area contributed by atoms with Crippen LogP contribution in [0.15, 0.2) is 60.7 Å². The highest BCUT2D eigenvalue weighted by molar-refractivity contribution is 6.06. The summed E-state index contributed by atoms with van der Waals surface area (Å²) in [6.07, 6.45) is 4.13. The van der Waals surface area contributed by atoms with Crippen molar-refractivity contribution in [2.75, 3.05) is 27.2 Å². The fraction of sp³-hybridized carbons (Fsp3) is 0.269. The van der Waals surface area contributed by atoms with E-state index in [1.807, 2.05) is 12.1 Å². The maximum atomic E-state index is 12.5. The van der Waals surface area contributed by atoms with E-state index in [9.17, 15) is 4.79 Å². The second-order valence-electron chi connectivity index (χ2n) is 7.30. The number of benzene rings is 3. The normalized spacial score (nSPS) is 13.0. The quantitative estimate of drug-likeness (QED) is 0.361. The lowest BCUT2D eigenvalue weighted by Gasteiger charge is -2.15. The zero-order valence-corrected chi connectivity index (χ0v) is 19.0. The second-order valence-corrected chi connectivity index (χ2v) is 7.30. The van der Waals surface area contributed by atoms with Gasteiger partial charge in [0.2, 0.25) is 0 Å². The number of rotatable bonds is 3. The third kappa shape index (κ3) is 5.81. The predicted octanol–water partition coefficient (Wildman–Crippen LogP) is 4.28. The van der Waals surface area contributed by atoms with E-state index in [-0.39, 0.29) is 5.97 Å². The predicted molar refractivity (Wildman–Crippen MR) is 132 cm³/mol. The van der Waals surface area contributed by atoms with Crippen molar-refractivity contribution in [3.8, 4) is 11.1 Å². The summed E-state index contributed by atoms with van der Waals surface area (Å²) in [5.74, 6) is 3.22. The van der Waals surface area contributed by atoms with E-state index >= 15 is 0 Å². The van der Waals surface area contributed by atoms with Crippen LogP contribution in [0.25, 0.3) is 27.5 Å². The van der Waals surface area contributed by atoms with E-state index in [1.165, 1.54) is 36.4 Å². The molecule has 6 N–H and O–H groups in total. The van der Waals surface area contributed by atoms with Gasteiger partial charge in [-0.05, 0) is 85.1 Å². The van der Waals surface area contributed by atoms with Crippen LogP contribution in [0.3, 0.4) is 0 Å². The summed E-state index contributed by atoms with van der Waals surface area (Å²) >= 11 is 0. The number of hydrogen-bond acceptors (Lipinski definition) is 6. The molecule has 1 aliphatic heterocycles. The van der Waals surface area contributed by atoms with Crippen molar-refractivity contribution in [3.05, 3.63) is 77.4 Å². The number of hydrogen-bond donors (Lipinski definition) is 4. The van der Waals surface area contributed by atoms with Gasteiger partial charge in [0.1, 0.15) is 0 Å². The summed E-state index contributed by atoms with van der Waals surface area (Å²) in [5, 5.41) is 12.2. The average molecular weight is 436 g/mol. The first-order valence-electron chi connectivity index (χ1n) is 10.6. The summed E-state index contributed by atoms with van der Waals surface area (Å²) in [7, 11) is 2.94. The van der Waals surface area contributed by atoms with Crippen LogP contribution in [0.2, 0.25) is 0 Å². The Hall–Kier alpha value is -3.03. The van der Waals surface area contributed by atoms with Gasteiger partial charge in [0.05, 0.1) is 12.7 Å². The molecule has 170 valence electrons. The van der Waals surface area contributed by atoms with Gasteiger partial charge in [-0.15, -0.1) is 0 Å². The van der Waals surface area contributed by atoms with E-state index < -0.39 is 0 Å². The molecule has 3 aromatic carbocycles. The summed E-state index contributed by atoms with van der Waals surface area (Å²) in [5.41, 5.74) is 11.0. The summed E-state index contributed by atoms with van der Waals surface area (Å²) in [6, 6.07) is 19.0. The number of carbonyl (C=O) groups is 1. The van der Waals surface area contributed by atoms with E-state index in [1.54, 1.807) is 0 Å². The van der Waals surface area contributed by atoms with Gasteiger partial charge in [0.15, 0.2) is 0 Å². The molecule has 1 aliphatic rings. The molecule has 0 aromatic heterocycles. The zero-order chi connectivity index (χ0) is 23.5. The van der Waals surface area contributed by atoms with Crippen LogP contribution in [0, 0.1) is 6.92 Å². The molecule has 6 heteroatoms. The third-order valence-electron chi connectivity index (χ3n) is 5.41. The van der Waals surface area contributed by atoms with Gasteiger partial charge in [-0.2, -0.15) is 0 Å². The number of ether oxygens (including phenoxy) is 1. The first-order valence-corrected chi connectivity index (χ1v) is 10.6. The molecule has 0 saturated heterocycles. The highest BCUT2D eigenvalue weighted by Crippen LogP contribution is 2.34. The molecule has 6 nitrogen and oxygen atoms in total. The smallest absolute Gasteiger partial charge is 0.338 e. The minimum absolute atomic E-state index is 0.280. The SMILES string of the molecule is CN.COC(=O)c1ccc2cc(-c3ccc(C)cc3)ccc2c1C1=CCCNCC1.NO. The largest absolute Gasteiger partial charge is 0.465 e. The first-order chi connectivity index (χ1) is 15.7. The van der Waals surface area contributed by atoms with Crippen LogP contribution in [0.1, 0.15) is 34.3 Å². The maximum Gasteiger partial charge on any atom is 0.338 e. The zero-order valence-electron chi connectivity index (χ0n) is 19.0. The minimum Gasteiger partial charge on any atom is -0.465 e. The number of fused-ring (bicyclic) bond motifs is 1. The number of nitrogens with one attached hydrogen (secondary N) is 1. The van der Waals surface area contributed by atoms with Crippen LogP contribution in [0.5, 0.6) is 0 Å². The standard InChI is InChI=1S/C25H25NO2.CH5N.H3NO/c1-17-5-7-18(8-6-17)20-9-11-22-21(16-20)10-12-23(25(27)28-2)24(22)19-4-3-14-26-15-13-19;2*1-2/h4-12,16,26H,3,13-15H2,1-2H3;2H2,1H3;2H,1H2. The Kier molecular flexibility index (Phi) is 10.0. The Morgan fingerprint density at radius 1 is 0.969 bits per heavy atom. The van der Waals surface area contributed by atoms with Gasteiger partial charge in [-0.25, -0.2) is 10.7 Å².